The second-order valence-corrected chi connectivity index (χ2v) is 7.44. The van der Waals surface area contributed by atoms with Gasteiger partial charge in [0.25, 0.3) is 5.91 Å². The molecule has 1 atom stereocenters. The first-order valence-corrected chi connectivity index (χ1v) is 9.56. The van der Waals surface area contributed by atoms with E-state index in [-0.39, 0.29) is 11.9 Å². The average Bonchev–Trinajstić information content (AvgIpc) is 3.06. The summed E-state index contributed by atoms with van der Waals surface area (Å²) in [7, 11) is 0. The van der Waals surface area contributed by atoms with Crippen molar-refractivity contribution in [1.29, 1.82) is 5.26 Å². The van der Waals surface area contributed by atoms with Crippen molar-refractivity contribution < 1.29 is 9.59 Å². The number of piperidine rings is 1. The third kappa shape index (κ3) is 4.84. The Morgan fingerprint density at radius 1 is 1.33 bits per heavy atom. The van der Waals surface area contributed by atoms with Crippen molar-refractivity contribution in [3.05, 3.63) is 41.5 Å². The number of rotatable bonds is 5. The van der Waals surface area contributed by atoms with Crippen molar-refractivity contribution in [2.45, 2.75) is 25.3 Å². The third-order valence-electron chi connectivity index (χ3n) is 4.37. The van der Waals surface area contributed by atoms with Gasteiger partial charge in [0.1, 0.15) is 5.00 Å². The first kappa shape index (κ1) is 18.9. The van der Waals surface area contributed by atoms with Crippen molar-refractivity contribution in [1.82, 2.24) is 10.6 Å². The van der Waals surface area contributed by atoms with Crippen LogP contribution in [0.25, 0.3) is 10.4 Å². The van der Waals surface area contributed by atoms with E-state index in [1.54, 1.807) is 6.07 Å². The molecule has 0 radical (unpaired) electrons. The number of amides is 3. The molecule has 1 aliphatic heterocycles. The molecule has 7 nitrogen and oxygen atoms in total. The molecule has 0 spiro atoms. The van der Waals surface area contributed by atoms with E-state index in [1.807, 2.05) is 24.3 Å². The summed E-state index contributed by atoms with van der Waals surface area (Å²) in [5, 5.41) is 18.0. The highest BCUT2D eigenvalue weighted by Crippen LogP contribution is 2.35. The molecule has 2 heterocycles. The lowest BCUT2D eigenvalue weighted by Gasteiger charge is -2.23. The lowest BCUT2D eigenvalue weighted by atomic mass is 10.1. The SMILES string of the molecule is N#CCc1ccc(-c2cc(C(=O)N[C@H]3CCCNC3)c(NC(N)=O)s2)cc1. The quantitative estimate of drug-likeness (QED) is 0.634. The molecule has 27 heavy (non-hydrogen) atoms. The molecule has 1 aromatic heterocycles. The minimum absolute atomic E-state index is 0.0706. The zero-order chi connectivity index (χ0) is 19.2. The lowest BCUT2D eigenvalue weighted by Crippen LogP contribution is -2.45. The van der Waals surface area contributed by atoms with Gasteiger partial charge in [0.2, 0.25) is 0 Å². The molecule has 5 N–H and O–H groups in total. The number of hydrogen-bond acceptors (Lipinski definition) is 5. The summed E-state index contributed by atoms with van der Waals surface area (Å²) < 4.78 is 0. The van der Waals surface area contributed by atoms with Crippen LogP contribution in [0.4, 0.5) is 9.80 Å². The van der Waals surface area contributed by atoms with Crippen molar-refractivity contribution >= 4 is 28.3 Å². The Kier molecular flexibility index (Phi) is 6.06. The fourth-order valence-corrected chi connectivity index (χ4v) is 4.09. The van der Waals surface area contributed by atoms with Gasteiger partial charge < -0.3 is 16.4 Å². The number of carbonyl (C=O) groups is 2. The molecule has 3 amide bonds. The first-order valence-electron chi connectivity index (χ1n) is 8.75. The van der Waals surface area contributed by atoms with Crippen LogP contribution in [-0.4, -0.2) is 31.1 Å². The van der Waals surface area contributed by atoms with E-state index in [0.29, 0.717) is 17.0 Å². The van der Waals surface area contributed by atoms with Crippen LogP contribution in [0.15, 0.2) is 30.3 Å². The maximum absolute atomic E-state index is 12.7. The fraction of sp³-hybridized carbons (Fsp3) is 0.316. The van der Waals surface area contributed by atoms with Crippen LogP contribution in [-0.2, 0) is 6.42 Å². The van der Waals surface area contributed by atoms with Gasteiger partial charge in [-0.05, 0) is 36.6 Å². The van der Waals surface area contributed by atoms with Crippen LogP contribution < -0.4 is 21.7 Å². The Morgan fingerprint density at radius 3 is 2.74 bits per heavy atom. The van der Waals surface area contributed by atoms with Crippen LogP contribution >= 0.6 is 11.3 Å². The van der Waals surface area contributed by atoms with Gasteiger partial charge in [0, 0.05) is 17.5 Å². The summed E-state index contributed by atoms with van der Waals surface area (Å²) in [6, 6.07) is 10.8. The van der Waals surface area contributed by atoms with E-state index in [9.17, 15) is 9.59 Å². The summed E-state index contributed by atoms with van der Waals surface area (Å²) in [5.74, 6) is -0.226. The van der Waals surface area contributed by atoms with Gasteiger partial charge in [-0.1, -0.05) is 24.3 Å². The predicted molar refractivity (Wildman–Crippen MR) is 106 cm³/mol. The van der Waals surface area contributed by atoms with Crippen LogP contribution in [0, 0.1) is 11.3 Å². The Morgan fingerprint density at radius 2 is 2.11 bits per heavy atom. The number of thiophene rings is 1. The second kappa shape index (κ2) is 8.66. The number of anilines is 1. The van der Waals surface area contributed by atoms with E-state index < -0.39 is 6.03 Å². The molecule has 1 aliphatic rings. The van der Waals surface area contributed by atoms with Gasteiger partial charge in [-0.25, -0.2) is 4.79 Å². The smallest absolute Gasteiger partial charge is 0.317 e. The average molecular weight is 383 g/mol. The summed E-state index contributed by atoms with van der Waals surface area (Å²) in [4.78, 5) is 24.9. The van der Waals surface area contributed by atoms with E-state index in [1.165, 1.54) is 11.3 Å². The Bertz CT molecular complexity index is 863. The number of carbonyl (C=O) groups excluding carboxylic acids is 2. The number of benzene rings is 1. The number of nitrogens with two attached hydrogens (primary N) is 1. The van der Waals surface area contributed by atoms with Gasteiger partial charge in [-0.3, -0.25) is 10.1 Å². The zero-order valence-corrected chi connectivity index (χ0v) is 15.6. The summed E-state index contributed by atoms with van der Waals surface area (Å²) >= 11 is 1.30. The van der Waals surface area contributed by atoms with Crippen molar-refractivity contribution in [3.63, 3.8) is 0 Å². The molecular formula is C19H21N5O2S. The summed E-state index contributed by atoms with van der Waals surface area (Å²) in [6.07, 6.45) is 2.29. The molecule has 1 fully saturated rings. The second-order valence-electron chi connectivity index (χ2n) is 6.39. The maximum Gasteiger partial charge on any atom is 0.317 e. The minimum Gasteiger partial charge on any atom is -0.351 e. The van der Waals surface area contributed by atoms with Crippen molar-refractivity contribution in [2.24, 2.45) is 5.73 Å². The molecular weight excluding hydrogens is 362 g/mol. The number of nitrogens with zero attached hydrogens (tertiary/aromatic N) is 1. The largest absolute Gasteiger partial charge is 0.351 e. The first-order chi connectivity index (χ1) is 13.1. The Labute approximate surface area is 161 Å². The predicted octanol–water partition coefficient (Wildman–Crippen LogP) is 2.45. The number of nitriles is 1. The van der Waals surface area contributed by atoms with Crippen molar-refractivity contribution in [3.8, 4) is 16.5 Å². The fourth-order valence-electron chi connectivity index (χ4n) is 3.02. The number of primary amides is 1. The minimum atomic E-state index is -0.707. The molecule has 0 aliphatic carbocycles. The monoisotopic (exact) mass is 383 g/mol. The maximum atomic E-state index is 12.7. The highest BCUT2D eigenvalue weighted by atomic mass is 32.1. The van der Waals surface area contributed by atoms with Gasteiger partial charge in [-0.15, -0.1) is 11.3 Å². The highest BCUT2D eigenvalue weighted by Gasteiger charge is 2.22. The van der Waals surface area contributed by atoms with E-state index >= 15 is 0 Å². The zero-order valence-electron chi connectivity index (χ0n) is 14.7. The molecule has 1 saturated heterocycles. The molecule has 2 aromatic rings. The number of urea groups is 1. The van der Waals surface area contributed by atoms with E-state index in [2.05, 4.69) is 22.0 Å². The lowest BCUT2D eigenvalue weighted by molar-refractivity contribution is 0.0932. The molecule has 3 rings (SSSR count). The summed E-state index contributed by atoms with van der Waals surface area (Å²) in [5.41, 5.74) is 7.50. The standard InChI is InChI=1S/C19H21N5O2S/c20-8-7-12-3-5-13(6-4-12)16-10-15(18(27-16)24-19(21)26)17(25)23-14-2-1-9-22-11-14/h3-6,10,14,22H,1-2,7,9,11H2,(H,23,25)(H3,21,24,26)/t14-/m0/s1. The van der Waals surface area contributed by atoms with Crippen LogP contribution in [0.1, 0.15) is 28.8 Å². The van der Waals surface area contributed by atoms with E-state index in [0.717, 1.165) is 41.9 Å². The number of hydrogen-bond donors (Lipinski definition) is 4. The topological polar surface area (TPSA) is 120 Å². The molecule has 140 valence electrons. The van der Waals surface area contributed by atoms with E-state index in [4.69, 9.17) is 11.0 Å². The van der Waals surface area contributed by atoms with Crippen LogP contribution in [0.5, 0.6) is 0 Å². The molecule has 8 heteroatoms. The number of nitrogens with one attached hydrogen (secondary N) is 3. The van der Waals surface area contributed by atoms with Gasteiger partial charge in [0.15, 0.2) is 0 Å². The Hall–Kier alpha value is -2.89. The van der Waals surface area contributed by atoms with Crippen LogP contribution in [0.3, 0.4) is 0 Å². The molecule has 0 unspecified atom stereocenters. The molecule has 0 bridgehead atoms. The highest BCUT2D eigenvalue weighted by molar-refractivity contribution is 7.20. The third-order valence-corrected chi connectivity index (χ3v) is 5.47. The van der Waals surface area contributed by atoms with Gasteiger partial charge in [0.05, 0.1) is 18.1 Å². The summed E-state index contributed by atoms with van der Waals surface area (Å²) in [6.45, 7) is 1.70. The van der Waals surface area contributed by atoms with Gasteiger partial charge >= 0.3 is 6.03 Å². The van der Waals surface area contributed by atoms with Crippen molar-refractivity contribution in [2.75, 3.05) is 18.4 Å². The van der Waals surface area contributed by atoms with Crippen LogP contribution in [0.2, 0.25) is 0 Å². The van der Waals surface area contributed by atoms with Gasteiger partial charge in [-0.2, -0.15) is 5.26 Å². The Balaban J connectivity index is 1.84. The molecule has 0 saturated carbocycles. The molecule has 1 aromatic carbocycles. The normalized spacial score (nSPS) is 16.3.